The molecule has 9 heavy (non-hydrogen) atoms. The highest BCUT2D eigenvalue weighted by atomic mass is 16.4. The Labute approximate surface area is 53.6 Å². The monoisotopic (exact) mass is 130 g/mol. The van der Waals surface area contributed by atoms with E-state index in [0.29, 0.717) is 12.0 Å². The number of aliphatic hydroxyl groups is 1. The predicted molar refractivity (Wildman–Crippen MR) is 33.1 cm³/mol. The van der Waals surface area contributed by atoms with E-state index in [1.807, 2.05) is 0 Å². The summed E-state index contributed by atoms with van der Waals surface area (Å²) >= 11 is 0. The SMILES string of the molecule is C/C(=C/C(=O)O)CCO. The number of hydrogen-bond donors (Lipinski definition) is 2. The molecule has 0 amide bonds. The van der Waals surface area contributed by atoms with Gasteiger partial charge in [0.2, 0.25) is 0 Å². The summed E-state index contributed by atoms with van der Waals surface area (Å²) in [5.74, 6) is -0.957. The van der Waals surface area contributed by atoms with Crippen LogP contribution in [0.5, 0.6) is 0 Å². The fourth-order valence-electron chi connectivity index (χ4n) is 0.459. The van der Waals surface area contributed by atoms with Gasteiger partial charge in [-0.25, -0.2) is 4.79 Å². The molecule has 0 aromatic carbocycles. The Morgan fingerprint density at radius 1 is 1.67 bits per heavy atom. The van der Waals surface area contributed by atoms with E-state index in [1.54, 1.807) is 6.92 Å². The Balaban J connectivity index is 3.69. The van der Waals surface area contributed by atoms with Crippen molar-refractivity contribution < 1.29 is 15.0 Å². The van der Waals surface area contributed by atoms with E-state index >= 15 is 0 Å². The van der Waals surface area contributed by atoms with E-state index in [1.165, 1.54) is 0 Å². The zero-order chi connectivity index (χ0) is 7.28. The highest BCUT2D eigenvalue weighted by molar-refractivity contribution is 5.80. The zero-order valence-corrected chi connectivity index (χ0v) is 5.29. The van der Waals surface area contributed by atoms with Gasteiger partial charge in [0.25, 0.3) is 0 Å². The molecule has 0 heterocycles. The van der Waals surface area contributed by atoms with Crippen LogP contribution in [0.3, 0.4) is 0 Å². The molecule has 0 saturated heterocycles. The van der Waals surface area contributed by atoms with Crippen LogP contribution in [0.4, 0.5) is 0 Å². The van der Waals surface area contributed by atoms with Gasteiger partial charge in [-0.2, -0.15) is 0 Å². The summed E-state index contributed by atoms with van der Waals surface area (Å²) in [4.78, 5) is 9.93. The van der Waals surface area contributed by atoms with Crippen LogP contribution < -0.4 is 0 Å². The van der Waals surface area contributed by atoms with Crippen molar-refractivity contribution in [1.82, 2.24) is 0 Å². The Morgan fingerprint density at radius 3 is 2.56 bits per heavy atom. The molecule has 0 atom stereocenters. The van der Waals surface area contributed by atoms with Gasteiger partial charge < -0.3 is 10.2 Å². The number of carbonyl (C=O) groups is 1. The Kier molecular flexibility index (Phi) is 3.71. The summed E-state index contributed by atoms with van der Waals surface area (Å²) in [5, 5.41) is 16.5. The molecule has 0 rings (SSSR count). The molecule has 0 aromatic heterocycles. The van der Waals surface area contributed by atoms with Gasteiger partial charge in [-0.1, -0.05) is 5.57 Å². The molecule has 3 nitrogen and oxygen atoms in total. The van der Waals surface area contributed by atoms with Crippen LogP contribution in [-0.2, 0) is 4.79 Å². The predicted octanol–water partition coefficient (Wildman–Crippen LogP) is 0.400. The lowest BCUT2D eigenvalue weighted by molar-refractivity contribution is -0.131. The quantitative estimate of drug-likeness (QED) is 0.543. The van der Waals surface area contributed by atoms with Crippen LogP contribution in [0.2, 0.25) is 0 Å². The van der Waals surface area contributed by atoms with Crippen molar-refractivity contribution in [3.05, 3.63) is 11.6 Å². The van der Waals surface area contributed by atoms with Crippen LogP contribution in [0.1, 0.15) is 13.3 Å². The minimum absolute atomic E-state index is 0.00954. The zero-order valence-electron chi connectivity index (χ0n) is 5.29. The van der Waals surface area contributed by atoms with Crippen molar-refractivity contribution in [3.63, 3.8) is 0 Å². The van der Waals surface area contributed by atoms with Crippen molar-refractivity contribution in [2.75, 3.05) is 6.61 Å². The largest absolute Gasteiger partial charge is 0.478 e. The summed E-state index contributed by atoms with van der Waals surface area (Å²) in [6.45, 7) is 1.68. The first-order valence-corrected chi connectivity index (χ1v) is 2.67. The minimum Gasteiger partial charge on any atom is -0.478 e. The minimum atomic E-state index is -0.957. The van der Waals surface area contributed by atoms with Crippen molar-refractivity contribution in [1.29, 1.82) is 0 Å². The van der Waals surface area contributed by atoms with Crippen molar-refractivity contribution in [2.45, 2.75) is 13.3 Å². The summed E-state index contributed by atoms with van der Waals surface area (Å²) in [5.41, 5.74) is 0.685. The average Bonchev–Trinajstić information content (AvgIpc) is 1.63. The van der Waals surface area contributed by atoms with Gasteiger partial charge in [0.1, 0.15) is 0 Å². The van der Waals surface area contributed by atoms with Crippen LogP contribution in [0, 0.1) is 0 Å². The number of hydrogen-bond acceptors (Lipinski definition) is 2. The smallest absolute Gasteiger partial charge is 0.328 e. The molecule has 0 aliphatic heterocycles. The first-order chi connectivity index (χ1) is 4.16. The maximum absolute atomic E-state index is 9.93. The first kappa shape index (κ1) is 8.17. The van der Waals surface area contributed by atoms with Gasteiger partial charge in [0, 0.05) is 12.7 Å². The molecule has 0 aliphatic carbocycles. The molecule has 0 unspecified atom stereocenters. The molecule has 0 fully saturated rings. The maximum Gasteiger partial charge on any atom is 0.328 e. The number of aliphatic carboxylic acids is 1. The third-order valence-electron chi connectivity index (χ3n) is 0.876. The van der Waals surface area contributed by atoms with Crippen molar-refractivity contribution in [2.24, 2.45) is 0 Å². The standard InChI is InChI=1S/C6H10O3/c1-5(2-3-7)4-6(8)9/h4,7H,2-3H2,1H3,(H,8,9)/b5-4-. The number of carboxylic acids is 1. The topological polar surface area (TPSA) is 57.5 Å². The summed E-state index contributed by atoms with van der Waals surface area (Å²) in [6, 6.07) is 0. The number of rotatable bonds is 3. The van der Waals surface area contributed by atoms with Gasteiger partial charge in [-0.3, -0.25) is 0 Å². The summed E-state index contributed by atoms with van der Waals surface area (Å²) < 4.78 is 0. The normalized spacial score (nSPS) is 11.6. The maximum atomic E-state index is 9.93. The van der Waals surface area contributed by atoms with Crippen LogP contribution in [-0.4, -0.2) is 22.8 Å². The molecule has 0 radical (unpaired) electrons. The van der Waals surface area contributed by atoms with Crippen LogP contribution in [0.25, 0.3) is 0 Å². The van der Waals surface area contributed by atoms with Gasteiger partial charge >= 0.3 is 5.97 Å². The van der Waals surface area contributed by atoms with Gasteiger partial charge in [0.15, 0.2) is 0 Å². The Bertz CT molecular complexity index is 126. The second-order valence-electron chi connectivity index (χ2n) is 1.80. The molecular weight excluding hydrogens is 120 g/mol. The fourth-order valence-corrected chi connectivity index (χ4v) is 0.459. The Morgan fingerprint density at radius 2 is 2.22 bits per heavy atom. The highest BCUT2D eigenvalue weighted by Crippen LogP contribution is 1.96. The summed E-state index contributed by atoms with van der Waals surface area (Å²) in [6.07, 6.45) is 1.53. The lowest BCUT2D eigenvalue weighted by Gasteiger charge is -1.91. The molecule has 0 aliphatic rings. The number of aliphatic hydroxyl groups excluding tert-OH is 1. The first-order valence-electron chi connectivity index (χ1n) is 2.67. The van der Waals surface area contributed by atoms with Gasteiger partial charge in [-0.05, 0) is 13.3 Å². The lowest BCUT2D eigenvalue weighted by Crippen LogP contribution is -1.91. The van der Waals surface area contributed by atoms with E-state index in [-0.39, 0.29) is 6.61 Å². The van der Waals surface area contributed by atoms with Crippen LogP contribution >= 0.6 is 0 Å². The highest BCUT2D eigenvalue weighted by Gasteiger charge is 1.91. The van der Waals surface area contributed by atoms with Gasteiger partial charge in [0.05, 0.1) is 0 Å². The molecule has 0 aromatic rings. The third kappa shape index (κ3) is 5.03. The van der Waals surface area contributed by atoms with E-state index in [2.05, 4.69) is 0 Å². The lowest BCUT2D eigenvalue weighted by atomic mass is 10.2. The molecule has 0 bridgehead atoms. The van der Waals surface area contributed by atoms with Gasteiger partial charge in [-0.15, -0.1) is 0 Å². The second kappa shape index (κ2) is 4.09. The van der Waals surface area contributed by atoms with E-state index in [4.69, 9.17) is 10.2 Å². The van der Waals surface area contributed by atoms with E-state index in [0.717, 1.165) is 6.08 Å². The molecule has 0 saturated carbocycles. The molecule has 52 valence electrons. The Hall–Kier alpha value is -0.830. The third-order valence-corrected chi connectivity index (χ3v) is 0.876. The molecule has 3 heteroatoms. The molecular formula is C6H10O3. The average molecular weight is 130 g/mol. The van der Waals surface area contributed by atoms with Crippen molar-refractivity contribution in [3.8, 4) is 0 Å². The molecule has 2 N–H and O–H groups in total. The van der Waals surface area contributed by atoms with E-state index < -0.39 is 5.97 Å². The van der Waals surface area contributed by atoms with Crippen LogP contribution in [0.15, 0.2) is 11.6 Å². The van der Waals surface area contributed by atoms with Crippen molar-refractivity contribution >= 4 is 5.97 Å². The molecule has 0 spiro atoms. The number of carboxylic acid groups (broad SMARTS) is 1. The fraction of sp³-hybridized carbons (Fsp3) is 0.500. The second-order valence-corrected chi connectivity index (χ2v) is 1.80. The van der Waals surface area contributed by atoms with E-state index in [9.17, 15) is 4.79 Å². The summed E-state index contributed by atoms with van der Waals surface area (Å²) in [7, 11) is 0.